The summed E-state index contributed by atoms with van der Waals surface area (Å²) in [5.41, 5.74) is 0. The summed E-state index contributed by atoms with van der Waals surface area (Å²) in [5, 5.41) is 3.40. The number of hydrogen-bond donors (Lipinski definition) is 1. The van der Waals surface area contributed by atoms with E-state index in [4.69, 9.17) is 0 Å². The number of halogens is 1. The van der Waals surface area contributed by atoms with Crippen LogP contribution in [0.3, 0.4) is 0 Å². The van der Waals surface area contributed by atoms with Gasteiger partial charge in [-0.2, -0.15) is 0 Å². The van der Waals surface area contributed by atoms with Gasteiger partial charge in [0.25, 0.3) is 0 Å². The number of thiophene rings is 1. The SMILES string of the molecule is CNC(CSc1ccccc1Br)c1ccc(C)s1. The molecular weight excluding hydrogens is 326 g/mol. The molecule has 0 saturated heterocycles. The Hall–Kier alpha value is -0.290. The van der Waals surface area contributed by atoms with Gasteiger partial charge in [0.15, 0.2) is 0 Å². The lowest BCUT2D eigenvalue weighted by Gasteiger charge is -2.14. The number of rotatable bonds is 5. The average Bonchev–Trinajstić information content (AvgIpc) is 2.79. The van der Waals surface area contributed by atoms with Crippen LogP contribution in [0, 0.1) is 6.92 Å². The molecule has 4 heteroatoms. The summed E-state index contributed by atoms with van der Waals surface area (Å²) in [5.74, 6) is 1.04. The molecule has 0 radical (unpaired) electrons. The molecular formula is C14H16BrNS2. The Bertz CT molecular complexity index is 510. The van der Waals surface area contributed by atoms with Crippen LogP contribution in [-0.4, -0.2) is 12.8 Å². The lowest BCUT2D eigenvalue weighted by Crippen LogP contribution is -2.17. The van der Waals surface area contributed by atoms with Crippen molar-refractivity contribution < 1.29 is 0 Å². The Kier molecular flexibility index (Phi) is 5.30. The van der Waals surface area contributed by atoms with Gasteiger partial charge in [-0.25, -0.2) is 0 Å². The van der Waals surface area contributed by atoms with E-state index < -0.39 is 0 Å². The molecule has 0 fully saturated rings. The van der Waals surface area contributed by atoms with Gasteiger partial charge in [0.2, 0.25) is 0 Å². The zero-order valence-electron chi connectivity index (χ0n) is 10.4. The van der Waals surface area contributed by atoms with Crippen molar-refractivity contribution in [3.63, 3.8) is 0 Å². The molecule has 1 unspecified atom stereocenters. The molecule has 18 heavy (non-hydrogen) atoms. The highest BCUT2D eigenvalue weighted by Gasteiger charge is 2.12. The fraction of sp³-hybridized carbons (Fsp3) is 0.286. The van der Waals surface area contributed by atoms with E-state index in [2.05, 4.69) is 58.5 Å². The molecule has 0 saturated carbocycles. The topological polar surface area (TPSA) is 12.0 Å². The maximum Gasteiger partial charge on any atom is 0.0507 e. The highest BCUT2D eigenvalue weighted by Crippen LogP contribution is 2.32. The van der Waals surface area contributed by atoms with E-state index in [-0.39, 0.29) is 0 Å². The molecule has 1 atom stereocenters. The number of nitrogens with one attached hydrogen (secondary N) is 1. The van der Waals surface area contributed by atoms with Crippen LogP contribution in [0.15, 0.2) is 45.8 Å². The van der Waals surface area contributed by atoms with Crippen LogP contribution in [0.25, 0.3) is 0 Å². The van der Waals surface area contributed by atoms with Crippen LogP contribution in [-0.2, 0) is 0 Å². The second-order valence-electron chi connectivity index (χ2n) is 4.03. The summed E-state index contributed by atoms with van der Waals surface area (Å²) in [6.45, 7) is 2.15. The van der Waals surface area contributed by atoms with Crippen molar-refractivity contribution in [2.75, 3.05) is 12.8 Å². The van der Waals surface area contributed by atoms with E-state index in [0.29, 0.717) is 6.04 Å². The highest BCUT2D eigenvalue weighted by atomic mass is 79.9. The maximum atomic E-state index is 3.59. The lowest BCUT2D eigenvalue weighted by molar-refractivity contribution is 0.673. The smallest absolute Gasteiger partial charge is 0.0507 e. The number of hydrogen-bond acceptors (Lipinski definition) is 3. The summed E-state index contributed by atoms with van der Waals surface area (Å²) in [7, 11) is 2.03. The number of thioether (sulfide) groups is 1. The quantitative estimate of drug-likeness (QED) is 0.778. The van der Waals surface area contributed by atoms with Crippen LogP contribution in [0.1, 0.15) is 15.8 Å². The van der Waals surface area contributed by atoms with Gasteiger partial charge in [-0.3, -0.25) is 0 Å². The van der Waals surface area contributed by atoms with Crippen molar-refractivity contribution in [2.24, 2.45) is 0 Å². The molecule has 0 spiro atoms. The normalized spacial score (nSPS) is 12.6. The van der Waals surface area contributed by atoms with E-state index in [1.807, 2.05) is 36.2 Å². The van der Waals surface area contributed by atoms with Crippen molar-refractivity contribution in [3.05, 3.63) is 50.6 Å². The van der Waals surface area contributed by atoms with Crippen molar-refractivity contribution in [1.29, 1.82) is 0 Å². The standard InChI is InChI=1S/C14H16BrNS2/c1-10-7-8-14(18-10)12(16-2)9-17-13-6-4-3-5-11(13)15/h3-8,12,16H,9H2,1-2H3. The van der Waals surface area contributed by atoms with E-state index in [9.17, 15) is 0 Å². The largest absolute Gasteiger partial charge is 0.312 e. The maximum absolute atomic E-state index is 3.59. The van der Waals surface area contributed by atoms with Crippen LogP contribution in [0.2, 0.25) is 0 Å². The van der Waals surface area contributed by atoms with Crippen LogP contribution >= 0.6 is 39.0 Å². The summed E-state index contributed by atoms with van der Waals surface area (Å²) in [4.78, 5) is 4.08. The van der Waals surface area contributed by atoms with Gasteiger partial charge in [0, 0.05) is 24.9 Å². The molecule has 1 nitrogen and oxygen atoms in total. The van der Waals surface area contributed by atoms with Gasteiger partial charge in [0.1, 0.15) is 0 Å². The molecule has 1 heterocycles. The zero-order valence-corrected chi connectivity index (χ0v) is 13.7. The molecule has 1 aromatic heterocycles. The first-order valence-electron chi connectivity index (χ1n) is 5.81. The van der Waals surface area contributed by atoms with Gasteiger partial charge in [-0.05, 0) is 54.2 Å². The van der Waals surface area contributed by atoms with E-state index >= 15 is 0 Å². The first kappa shape index (κ1) is 14.1. The Labute approximate surface area is 125 Å². The Morgan fingerprint density at radius 3 is 2.67 bits per heavy atom. The predicted molar refractivity (Wildman–Crippen MR) is 85.7 cm³/mol. The molecule has 0 aliphatic heterocycles. The Morgan fingerprint density at radius 1 is 1.28 bits per heavy atom. The van der Waals surface area contributed by atoms with Crippen LogP contribution < -0.4 is 5.32 Å². The fourth-order valence-corrected chi connectivity index (χ4v) is 4.48. The highest BCUT2D eigenvalue weighted by molar-refractivity contribution is 9.10. The van der Waals surface area contributed by atoms with Crippen molar-refractivity contribution in [2.45, 2.75) is 17.9 Å². The van der Waals surface area contributed by atoms with Crippen molar-refractivity contribution in [1.82, 2.24) is 5.32 Å². The van der Waals surface area contributed by atoms with Crippen molar-refractivity contribution >= 4 is 39.0 Å². The van der Waals surface area contributed by atoms with E-state index in [1.165, 1.54) is 19.1 Å². The van der Waals surface area contributed by atoms with Gasteiger partial charge >= 0.3 is 0 Å². The minimum Gasteiger partial charge on any atom is -0.312 e. The summed E-state index contributed by atoms with van der Waals surface area (Å²) >= 11 is 7.34. The molecule has 0 aliphatic carbocycles. The molecule has 1 aromatic carbocycles. The zero-order chi connectivity index (χ0) is 13.0. The Morgan fingerprint density at radius 2 is 2.06 bits per heavy atom. The molecule has 2 rings (SSSR count). The molecule has 0 amide bonds. The summed E-state index contributed by atoms with van der Waals surface area (Å²) in [6, 6.07) is 13.2. The van der Waals surface area contributed by atoms with Gasteiger partial charge in [-0.15, -0.1) is 23.1 Å². The summed E-state index contributed by atoms with van der Waals surface area (Å²) < 4.78 is 1.17. The number of aryl methyl sites for hydroxylation is 1. The second-order valence-corrected chi connectivity index (χ2v) is 7.27. The van der Waals surface area contributed by atoms with Gasteiger partial charge in [-0.1, -0.05) is 12.1 Å². The first-order chi connectivity index (χ1) is 8.70. The molecule has 1 N–H and O–H groups in total. The second kappa shape index (κ2) is 6.75. The third kappa shape index (κ3) is 3.60. The van der Waals surface area contributed by atoms with E-state index in [1.54, 1.807) is 0 Å². The van der Waals surface area contributed by atoms with Gasteiger partial charge < -0.3 is 5.32 Å². The van der Waals surface area contributed by atoms with E-state index in [0.717, 1.165) is 5.75 Å². The van der Waals surface area contributed by atoms with Gasteiger partial charge in [0.05, 0.1) is 6.04 Å². The third-order valence-electron chi connectivity index (χ3n) is 2.70. The number of benzene rings is 1. The summed E-state index contributed by atoms with van der Waals surface area (Å²) in [6.07, 6.45) is 0. The molecule has 2 aromatic rings. The van der Waals surface area contributed by atoms with Crippen LogP contribution in [0.5, 0.6) is 0 Å². The molecule has 0 bridgehead atoms. The van der Waals surface area contributed by atoms with Crippen LogP contribution in [0.4, 0.5) is 0 Å². The minimum atomic E-state index is 0.417. The molecule has 96 valence electrons. The average molecular weight is 342 g/mol. The third-order valence-corrected chi connectivity index (χ3v) is 5.93. The minimum absolute atomic E-state index is 0.417. The fourth-order valence-electron chi connectivity index (χ4n) is 1.68. The Balaban J connectivity index is 2.02. The lowest BCUT2D eigenvalue weighted by atomic mass is 10.3. The first-order valence-corrected chi connectivity index (χ1v) is 8.41. The monoisotopic (exact) mass is 341 g/mol. The molecule has 0 aliphatic rings. The predicted octanol–water partition coefficient (Wildman–Crippen LogP) is 4.87. The van der Waals surface area contributed by atoms with Crippen molar-refractivity contribution in [3.8, 4) is 0 Å².